The average molecular weight is 374 g/mol. The molecule has 17 heavy (non-hydrogen) atoms. The summed E-state index contributed by atoms with van der Waals surface area (Å²) in [6, 6.07) is 3.00. The molecule has 2 aromatic heterocycles. The molecule has 0 aliphatic rings. The molecule has 0 saturated carbocycles. The van der Waals surface area contributed by atoms with Crippen LogP contribution in [0.2, 0.25) is 5.02 Å². The molecule has 0 N–H and O–H groups in total. The minimum Gasteiger partial charge on any atom is -0.234 e. The Hall–Kier alpha value is -0.210. The Morgan fingerprint density at radius 2 is 2.06 bits per heavy atom. The summed E-state index contributed by atoms with van der Waals surface area (Å²) >= 11 is 9.93. The topological polar surface area (TPSA) is 59.9 Å². The smallest absolute Gasteiger partial charge is 0.234 e. The summed E-state index contributed by atoms with van der Waals surface area (Å²) in [4.78, 5) is 8.69. The first-order valence-electron chi connectivity index (χ1n) is 4.11. The van der Waals surface area contributed by atoms with Gasteiger partial charge in [-0.05, 0) is 28.1 Å². The molecule has 0 atom stereocenters. The molecule has 0 spiro atoms. The second-order valence-electron chi connectivity index (χ2n) is 2.89. The van der Waals surface area contributed by atoms with E-state index in [1.54, 1.807) is 6.07 Å². The maximum atomic E-state index is 11.1. The molecule has 2 aromatic rings. The zero-order valence-corrected chi connectivity index (χ0v) is 12.6. The molecule has 0 aromatic carbocycles. The Morgan fingerprint density at radius 3 is 2.59 bits per heavy atom. The van der Waals surface area contributed by atoms with Crippen molar-refractivity contribution >= 4 is 58.6 Å². The third-order valence-electron chi connectivity index (χ3n) is 1.74. The van der Waals surface area contributed by atoms with Gasteiger partial charge in [-0.15, -0.1) is 11.3 Å². The van der Waals surface area contributed by atoms with Gasteiger partial charge in [0.25, 0.3) is 9.05 Å². The van der Waals surface area contributed by atoms with Crippen molar-refractivity contribution in [2.24, 2.45) is 0 Å². The second-order valence-corrected chi connectivity index (χ2v) is 7.92. The number of halogens is 3. The Morgan fingerprint density at radius 1 is 1.35 bits per heavy atom. The zero-order valence-electron chi connectivity index (χ0n) is 7.89. The Bertz CT molecular complexity index is 672. The van der Waals surface area contributed by atoms with E-state index in [1.165, 1.54) is 12.3 Å². The quantitative estimate of drug-likeness (QED) is 0.596. The predicted molar refractivity (Wildman–Crippen MR) is 71.1 cm³/mol. The number of thiophene rings is 1. The summed E-state index contributed by atoms with van der Waals surface area (Å²) in [6.45, 7) is 0. The van der Waals surface area contributed by atoms with E-state index in [-0.39, 0.29) is 4.21 Å². The summed E-state index contributed by atoms with van der Waals surface area (Å²) < 4.78 is 22.7. The lowest BCUT2D eigenvalue weighted by molar-refractivity contribution is 0.611. The van der Waals surface area contributed by atoms with E-state index in [2.05, 4.69) is 25.9 Å². The summed E-state index contributed by atoms with van der Waals surface area (Å²) in [5.41, 5.74) is 0. The van der Waals surface area contributed by atoms with E-state index in [0.717, 1.165) is 11.3 Å². The lowest BCUT2D eigenvalue weighted by atomic mass is 10.4. The molecule has 0 bridgehead atoms. The number of hydrogen-bond acceptors (Lipinski definition) is 5. The van der Waals surface area contributed by atoms with E-state index >= 15 is 0 Å². The van der Waals surface area contributed by atoms with Crippen molar-refractivity contribution in [3.63, 3.8) is 0 Å². The molecule has 2 rings (SSSR count). The van der Waals surface area contributed by atoms with Gasteiger partial charge in [-0.3, -0.25) is 0 Å². The van der Waals surface area contributed by atoms with Crippen molar-refractivity contribution in [3.05, 3.63) is 28.0 Å². The van der Waals surface area contributed by atoms with Crippen LogP contribution in [0.3, 0.4) is 0 Å². The van der Waals surface area contributed by atoms with Gasteiger partial charge in [-0.1, -0.05) is 11.6 Å². The summed E-state index contributed by atoms with van der Waals surface area (Å²) in [7, 11) is 1.52. The van der Waals surface area contributed by atoms with E-state index in [9.17, 15) is 8.42 Å². The normalized spacial score (nSPS) is 11.7. The molecule has 0 aliphatic carbocycles. The molecule has 0 saturated heterocycles. The molecule has 0 unspecified atom stereocenters. The SMILES string of the molecule is O=S(=O)(Cl)c1ccc(-c2ncc(Cl)c(Br)n2)s1. The standard InChI is InChI=1S/C8H3BrCl2N2O2S2/c9-7-4(10)3-12-8(13-7)5-1-2-6(16-5)17(11,14)15/h1-3H. The number of hydrogen-bond donors (Lipinski definition) is 0. The summed E-state index contributed by atoms with van der Waals surface area (Å²) in [5, 5.41) is 0.385. The highest BCUT2D eigenvalue weighted by Crippen LogP contribution is 2.31. The van der Waals surface area contributed by atoms with Gasteiger partial charge in [0.05, 0.1) is 16.1 Å². The number of aromatic nitrogens is 2. The van der Waals surface area contributed by atoms with Crippen molar-refractivity contribution in [1.82, 2.24) is 9.97 Å². The van der Waals surface area contributed by atoms with Crippen molar-refractivity contribution < 1.29 is 8.42 Å². The fraction of sp³-hybridized carbons (Fsp3) is 0. The molecule has 2 heterocycles. The fourth-order valence-corrected chi connectivity index (χ4v) is 3.41. The Labute approximate surface area is 119 Å². The van der Waals surface area contributed by atoms with Gasteiger partial charge in [0.15, 0.2) is 5.82 Å². The van der Waals surface area contributed by atoms with Crippen molar-refractivity contribution in [2.75, 3.05) is 0 Å². The van der Waals surface area contributed by atoms with E-state index in [1.807, 2.05) is 0 Å². The molecule has 90 valence electrons. The third kappa shape index (κ3) is 2.97. The van der Waals surface area contributed by atoms with Gasteiger partial charge in [0.1, 0.15) is 8.81 Å². The largest absolute Gasteiger partial charge is 0.270 e. The van der Waals surface area contributed by atoms with Crippen LogP contribution in [0.25, 0.3) is 10.7 Å². The first-order chi connectivity index (χ1) is 7.88. The first kappa shape index (κ1) is 13.2. The molecular formula is C8H3BrCl2N2O2S2. The molecule has 4 nitrogen and oxygen atoms in total. The minimum atomic E-state index is -3.71. The van der Waals surface area contributed by atoms with Crippen LogP contribution in [0.15, 0.2) is 27.1 Å². The van der Waals surface area contributed by atoms with E-state index < -0.39 is 9.05 Å². The van der Waals surface area contributed by atoms with Gasteiger partial charge < -0.3 is 0 Å². The van der Waals surface area contributed by atoms with Crippen LogP contribution in [0.4, 0.5) is 0 Å². The van der Waals surface area contributed by atoms with Crippen molar-refractivity contribution in [1.29, 1.82) is 0 Å². The monoisotopic (exact) mass is 372 g/mol. The molecular weight excluding hydrogens is 371 g/mol. The van der Waals surface area contributed by atoms with Crippen LogP contribution in [0.5, 0.6) is 0 Å². The fourth-order valence-electron chi connectivity index (χ4n) is 1.04. The van der Waals surface area contributed by atoms with Crippen LogP contribution in [-0.4, -0.2) is 18.4 Å². The van der Waals surface area contributed by atoms with Crippen molar-refractivity contribution in [2.45, 2.75) is 4.21 Å². The van der Waals surface area contributed by atoms with Gasteiger partial charge >= 0.3 is 0 Å². The highest BCUT2D eigenvalue weighted by molar-refractivity contribution is 9.10. The van der Waals surface area contributed by atoms with Crippen LogP contribution in [0.1, 0.15) is 0 Å². The van der Waals surface area contributed by atoms with Gasteiger partial charge in [-0.25, -0.2) is 18.4 Å². The van der Waals surface area contributed by atoms with Crippen LogP contribution < -0.4 is 0 Å². The third-order valence-corrected chi connectivity index (χ3v) is 6.03. The van der Waals surface area contributed by atoms with Gasteiger partial charge in [0.2, 0.25) is 0 Å². The Kier molecular flexibility index (Phi) is 3.74. The highest BCUT2D eigenvalue weighted by Gasteiger charge is 2.15. The maximum Gasteiger partial charge on any atom is 0.270 e. The summed E-state index contributed by atoms with van der Waals surface area (Å²) in [6.07, 6.45) is 1.43. The molecule has 0 fully saturated rings. The highest BCUT2D eigenvalue weighted by atomic mass is 79.9. The Balaban J connectivity index is 2.47. The lowest BCUT2D eigenvalue weighted by Gasteiger charge is -1.97. The van der Waals surface area contributed by atoms with Crippen molar-refractivity contribution in [3.8, 4) is 10.7 Å². The molecule has 0 radical (unpaired) electrons. The predicted octanol–water partition coefficient (Wildman–Crippen LogP) is 3.55. The number of nitrogens with zero attached hydrogens (tertiary/aromatic N) is 2. The van der Waals surface area contributed by atoms with Crippen LogP contribution in [0, 0.1) is 0 Å². The van der Waals surface area contributed by atoms with E-state index in [0.29, 0.717) is 20.3 Å². The minimum absolute atomic E-state index is 0.0591. The second kappa shape index (κ2) is 4.81. The van der Waals surface area contributed by atoms with Crippen LogP contribution >= 0.6 is 49.6 Å². The zero-order chi connectivity index (χ0) is 12.6. The molecule has 0 amide bonds. The lowest BCUT2D eigenvalue weighted by Crippen LogP contribution is -1.87. The van der Waals surface area contributed by atoms with Gasteiger partial charge in [-0.2, -0.15) is 0 Å². The summed E-state index contributed by atoms with van der Waals surface area (Å²) in [5.74, 6) is 0.387. The first-order valence-corrected chi connectivity index (χ1v) is 8.40. The molecule has 0 aliphatic heterocycles. The average Bonchev–Trinajstić information content (AvgIpc) is 2.70. The van der Waals surface area contributed by atoms with E-state index in [4.69, 9.17) is 22.3 Å². The van der Waals surface area contributed by atoms with Gasteiger partial charge in [0, 0.05) is 10.7 Å². The van der Waals surface area contributed by atoms with Crippen LogP contribution in [-0.2, 0) is 9.05 Å². The maximum absolute atomic E-state index is 11.1. The molecule has 9 heteroatoms. The number of rotatable bonds is 2.